The molecule has 1 aliphatic carbocycles. The number of fused-ring (bicyclic) bond motifs is 1. The van der Waals surface area contributed by atoms with E-state index in [1.165, 1.54) is 0 Å². The Balaban J connectivity index is 1.72. The number of hydrogen-bond donors (Lipinski definition) is 2. The van der Waals surface area contributed by atoms with Gasteiger partial charge in [-0.15, -0.1) is 0 Å². The number of allylic oxidation sites excluding steroid dienone is 3. The summed E-state index contributed by atoms with van der Waals surface area (Å²) in [7, 11) is 0. The highest BCUT2D eigenvalue weighted by molar-refractivity contribution is 7.80. The summed E-state index contributed by atoms with van der Waals surface area (Å²) >= 11 is 5.27. The molecule has 0 radical (unpaired) electrons. The number of thiocarbonyl (C=S) groups is 1. The third-order valence-corrected chi connectivity index (χ3v) is 4.67. The third kappa shape index (κ3) is 2.97. The van der Waals surface area contributed by atoms with Gasteiger partial charge in [0, 0.05) is 22.7 Å². The van der Waals surface area contributed by atoms with Gasteiger partial charge < -0.3 is 10.6 Å². The van der Waals surface area contributed by atoms with Crippen molar-refractivity contribution in [2.24, 2.45) is 0 Å². The fraction of sp³-hybridized carbons (Fsp3) is 0.278. The number of amides is 2. The van der Waals surface area contributed by atoms with Gasteiger partial charge in [0.25, 0.3) is 0 Å². The van der Waals surface area contributed by atoms with Crippen LogP contribution in [0.1, 0.15) is 32.3 Å². The Morgan fingerprint density at radius 1 is 1.39 bits per heavy atom. The van der Waals surface area contributed by atoms with Crippen LogP contribution in [-0.4, -0.2) is 16.7 Å². The van der Waals surface area contributed by atoms with Crippen LogP contribution in [0.2, 0.25) is 0 Å². The zero-order chi connectivity index (χ0) is 16.6. The van der Waals surface area contributed by atoms with Crippen LogP contribution in [0.15, 0.2) is 42.0 Å². The zero-order valence-electron chi connectivity index (χ0n) is 13.1. The molecule has 0 unspecified atom stereocenters. The van der Waals surface area contributed by atoms with Gasteiger partial charge in [0.05, 0.1) is 11.8 Å². The molecular weight excluding hydrogens is 308 g/mol. The van der Waals surface area contributed by atoms with Gasteiger partial charge in [-0.2, -0.15) is 0 Å². The molecule has 1 aliphatic heterocycles. The minimum atomic E-state index is -0.538. The number of carbonyl (C=O) groups excluding carboxylic acids is 2. The van der Waals surface area contributed by atoms with Gasteiger partial charge in [0.15, 0.2) is 0 Å². The molecule has 3 rings (SSSR count). The number of rotatable bonds is 3. The number of hydrogen-bond acceptors (Lipinski definition) is 3. The van der Waals surface area contributed by atoms with E-state index in [4.69, 9.17) is 12.2 Å². The van der Waals surface area contributed by atoms with Crippen molar-refractivity contribution < 1.29 is 9.59 Å². The van der Waals surface area contributed by atoms with Crippen LogP contribution >= 0.6 is 12.2 Å². The Morgan fingerprint density at radius 3 is 2.91 bits per heavy atom. The summed E-state index contributed by atoms with van der Waals surface area (Å²) in [4.78, 5) is 25.0. The predicted molar refractivity (Wildman–Crippen MR) is 95.8 cm³/mol. The van der Waals surface area contributed by atoms with E-state index in [-0.39, 0.29) is 18.2 Å². The molecule has 23 heavy (non-hydrogen) atoms. The smallest absolute Gasteiger partial charge is 0.234 e. The fourth-order valence-electron chi connectivity index (χ4n) is 2.79. The predicted octanol–water partition coefficient (Wildman–Crippen LogP) is 3.50. The van der Waals surface area contributed by atoms with Crippen LogP contribution in [0.5, 0.6) is 0 Å². The number of anilines is 2. The SMILES string of the molecule is CC1(C)C(=O)Nc2cc(NC(=O)CC3=CC=CCC3=S)ccc21. The van der Waals surface area contributed by atoms with Crippen molar-refractivity contribution in [3.8, 4) is 0 Å². The average molecular weight is 326 g/mol. The van der Waals surface area contributed by atoms with E-state index in [1.54, 1.807) is 6.07 Å². The molecule has 1 aromatic rings. The lowest BCUT2D eigenvalue weighted by Gasteiger charge is -2.15. The molecule has 0 fully saturated rings. The molecule has 4 nitrogen and oxygen atoms in total. The molecule has 0 saturated carbocycles. The molecule has 118 valence electrons. The first-order valence-electron chi connectivity index (χ1n) is 7.52. The second kappa shape index (κ2) is 5.74. The highest BCUT2D eigenvalue weighted by Gasteiger charge is 2.38. The third-order valence-electron chi connectivity index (χ3n) is 4.24. The first-order chi connectivity index (χ1) is 10.9. The lowest BCUT2D eigenvalue weighted by Crippen LogP contribution is -2.26. The van der Waals surface area contributed by atoms with Crippen molar-refractivity contribution in [1.29, 1.82) is 0 Å². The van der Waals surface area contributed by atoms with E-state index in [2.05, 4.69) is 10.6 Å². The monoisotopic (exact) mass is 326 g/mol. The highest BCUT2D eigenvalue weighted by atomic mass is 32.1. The van der Waals surface area contributed by atoms with Crippen molar-refractivity contribution in [2.75, 3.05) is 10.6 Å². The van der Waals surface area contributed by atoms with E-state index < -0.39 is 5.41 Å². The molecular formula is C18H18N2O2S. The van der Waals surface area contributed by atoms with Crippen LogP contribution < -0.4 is 10.6 Å². The van der Waals surface area contributed by atoms with Crippen LogP contribution in [0.3, 0.4) is 0 Å². The van der Waals surface area contributed by atoms with Crippen LogP contribution in [-0.2, 0) is 15.0 Å². The summed E-state index contributed by atoms with van der Waals surface area (Å²) in [5, 5.41) is 5.73. The minimum absolute atomic E-state index is 0.0273. The quantitative estimate of drug-likeness (QED) is 0.836. The van der Waals surface area contributed by atoms with E-state index >= 15 is 0 Å². The molecule has 1 aromatic carbocycles. The molecule has 0 atom stereocenters. The Bertz CT molecular complexity index is 775. The number of benzene rings is 1. The molecule has 2 amide bonds. The topological polar surface area (TPSA) is 58.2 Å². The maximum Gasteiger partial charge on any atom is 0.234 e. The normalized spacial score (nSPS) is 18.3. The number of carbonyl (C=O) groups is 2. The largest absolute Gasteiger partial charge is 0.326 e. The minimum Gasteiger partial charge on any atom is -0.326 e. The summed E-state index contributed by atoms with van der Waals surface area (Å²) in [6, 6.07) is 5.51. The Labute approximate surface area is 140 Å². The highest BCUT2D eigenvalue weighted by Crippen LogP contribution is 2.38. The average Bonchev–Trinajstić information content (AvgIpc) is 2.71. The molecule has 0 aromatic heterocycles. The number of nitrogens with one attached hydrogen (secondary N) is 2. The maximum atomic E-state index is 12.2. The molecule has 5 heteroatoms. The summed E-state index contributed by atoms with van der Waals surface area (Å²) < 4.78 is 0. The molecule has 0 spiro atoms. The lowest BCUT2D eigenvalue weighted by atomic mass is 9.86. The van der Waals surface area contributed by atoms with Gasteiger partial charge in [-0.1, -0.05) is 36.5 Å². The van der Waals surface area contributed by atoms with Gasteiger partial charge in [0.1, 0.15) is 0 Å². The molecule has 2 N–H and O–H groups in total. The Hall–Kier alpha value is -2.27. The van der Waals surface area contributed by atoms with Crippen LogP contribution in [0.4, 0.5) is 11.4 Å². The first-order valence-corrected chi connectivity index (χ1v) is 7.93. The van der Waals surface area contributed by atoms with Crippen molar-refractivity contribution in [1.82, 2.24) is 0 Å². The van der Waals surface area contributed by atoms with Gasteiger partial charge in [-0.05, 0) is 37.1 Å². The lowest BCUT2D eigenvalue weighted by molar-refractivity contribution is -0.119. The summed E-state index contributed by atoms with van der Waals surface area (Å²) in [6.45, 7) is 3.77. The van der Waals surface area contributed by atoms with Crippen molar-refractivity contribution in [3.05, 3.63) is 47.6 Å². The molecule has 0 saturated heterocycles. The second-order valence-electron chi connectivity index (χ2n) is 6.31. The van der Waals surface area contributed by atoms with Crippen LogP contribution in [0.25, 0.3) is 0 Å². The van der Waals surface area contributed by atoms with Gasteiger partial charge in [0.2, 0.25) is 11.8 Å². The van der Waals surface area contributed by atoms with Gasteiger partial charge in [-0.25, -0.2) is 0 Å². The Kier molecular flexibility index (Phi) is 3.90. The second-order valence-corrected chi connectivity index (χ2v) is 6.80. The standard InChI is InChI=1S/C18H18N2O2S/c1-18(2)13-8-7-12(10-14(13)20-17(18)22)19-16(21)9-11-5-3-4-6-15(11)23/h3-5,7-8,10H,6,9H2,1-2H3,(H,19,21)(H,20,22). The molecule has 2 aliphatic rings. The summed E-state index contributed by atoms with van der Waals surface area (Å²) in [6.07, 6.45) is 6.77. The van der Waals surface area contributed by atoms with Gasteiger partial charge in [-0.3, -0.25) is 9.59 Å². The van der Waals surface area contributed by atoms with Crippen molar-refractivity contribution >= 4 is 40.3 Å². The van der Waals surface area contributed by atoms with E-state index in [9.17, 15) is 9.59 Å². The molecule has 0 bridgehead atoms. The first kappa shape index (κ1) is 15.6. The summed E-state index contributed by atoms with van der Waals surface area (Å²) in [5.74, 6) is -0.141. The van der Waals surface area contributed by atoms with E-state index in [0.717, 1.165) is 21.7 Å². The zero-order valence-corrected chi connectivity index (χ0v) is 13.9. The van der Waals surface area contributed by atoms with Crippen LogP contribution in [0, 0.1) is 0 Å². The van der Waals surface area contributed by atoms with Gasteiger partial charge >= 0.3 is 0 Å². The van der Waals surface area contributed by atoms with E-state index in [1.807, 2.05) is 44.2 Å². The van der Waals surface area contributed by atoms with Crippen molar-refractivity contribution in [2.45, 2.75) is 32.1 Å². The Morgan fingerprint density at radius 2 is 2.17 bits per heavy atom. The fourth-order valence-corrected chi connectivity index (χ4v) is 3.03. The van der Waals surface area contributed by atoms with E-state index in [0.29, 0.717) is 12.1 Å². The van der Waals surface area contributed by atoms with Crippen molar-refractivity contribution in [3.63, 3.8) is 0 Å². The summed E-state index contributed by atoms with van der Waals surface area (Å²) in [5.41, 5.74) is 2.72. The maximum absolute atomic E-state index is 12.2. The molecule has 1 heterocycles.